The number of rotatable bonds is 4. The number of likely N-dealkylation sites (N-methyl/N-ethyl adjacent to an activating group) is 1. The van der Waals surface area contributed by atoms with E-state index in [9.17, 15) is 4.79 Å². The quantitative estimate of drug-likeness (QED) is 0.605. The van der Waals surface area contributed by atoms with Crippen LogP contribution in [0.25, 0.3) is 0 Å². The molecule has 0 spiro atoms. The molecule has 1 N–H and O–H groups in total. The van der Waals surface area contributed by atoms with Gasteiger partial charge in [-0.15, -0.1) is 0 Å². The van der Waals surface area contributed by atoms with Crippen LogP contribution in [-0.4, -0.2) is 25.7 Å². The van der Waals surface area contributed by atoms with E-state index in [1.807, 2.05) is 0 Å². The lowest BCUT2D eigenvalue weighted by atomic mass is 10.3. The molecule has 0 heterocycles. The maximum atomic E-state index is 11.0. The number of ether oxygens (including phenoxy) is 1. The van der Waals surface area contributed by atoms with E-state index in [1.54, 1.807) is 14.0 Å². The number of carbonyl (C=O) groups excluding carboxylic acids is 1. The highest BCUT2D eigenvalue weighted by atomic mass is 16.5. The van der Waals surface area contributed by atoms with Gasteiger partial charge in [0, 0.05) is 0 Å². The average molecular weight is 157 g/mol. The standard InChI is InChI=1S/C8H15NO2/c1-6(9-2)8(10)11-5-7-3-4-7/h6-7,9H,3-5H2,1-2H3/t6-/m0/s1. The van der Waals surface area contributed by atoms with Crippen LogP contribution in [0.4, 0.5) is 0 Å². The second-order valence-electron chi connectivity index (χ2n) is 3.08. The lowest BCUT2D eigenvalue weighted by Gasteiger charge is -2.08. The molecule has 0 radical (unpaired) electrons. The first kappa shape index (κ1) is 8.53. The Kier molecular flexibility index (Phi) is 2.88. The maximum Gasteiger partial charge on any atom is 0.322 e. The van der Waals surface area contributed by atoms with Gasteiger partial charge in [0.25, 0.3) is 0 Å². The zero-order chi connectivity index (χ0) is 8.27. The third kappa shape index (κ3) is 2.89. The van der Waals surface area contributed by atoms with Crippen molar-refractivity contribution in [1.29, 1.82) is 0 Å². The summed E-state index contributed by atoms with van der Waals surface area (Å²) in [5, 5.41) is 2.83. The SMILES string of the molecule is CN[C@@H](C)C(=O)OCC1CC1. The molecule has 1 aliphatic rings. The summed E-state index contributed by atoms with van der Waals surface area (Å²) in [7, 11) is 1.75. The van der Waals surface area contributed by atoms with Crippen LogP contribution in [-0.2, 0) is 9.53 Å². The molecular formula is C8H15NO2. The Labute approximate surface area is 67.1 Å². The van der Waals surface area contributed by atoms with Crippen molar-refractivity contribution in [2.45, 2.75) is 25.8 Å². The molecule has 0 aliphatic heterocycles. The van der Waals surface area contributed by atoms with Crippen molar-refractivity contribution in [2.75, 3.05) is 13.7 Å². The summed E-state index contributed by atoms with van der Waals surface area (Å²) in [5.74, 6) is 0.516. The third-order valence-electron chi connectivity index (χ3n) is 1.94. The molecule has 11 heavy (non-hydrogen) atoms. The summed E-state index contributed by atoms with van der Waals surface area (Å²) in [6.07, 6.45) is 2.45. The van der Waals surface area contributed by atoms with Gasteiger partial charge in [-0.2, -0.15) is 0 Å². The van der Waals surface area contributed by atoms with Crippen LogP contribution in [0, 0.1) is 5.92 Å². The van der Waals surface area contributed by atoms with E-state index in [0.717, 1.165) is 0 Å². The van der Waals surface area contributed by atoms with E-state index in [-0.39, 0.29) is 12.0 Å². The van der Waals surface area contributed by atoms with Gasteiger partial charge in [0.1, 0.15) is 6.04 Å². The number of hydrogen-bond donors (Lipinski definition) is 1. The normalized spacial score (nSPS) is 19.5. The van der Waals surface area contributed by atoms with Crippen molar-refractivity contribution in [3.8, 4) is 0 Å². The molecule has 0 amide bonds. The molecule has 1 aliphatic carbocycles. The summed E-state index contributed by atoms with van der Waals surface area (Å²) >= 11 is 0. The van der Waals surface area contributed by atoms with Crippen molar-refractivity contribution >= 4 is 5.97 Å². The molecular weight excluding hydrogens is 142 g/mol. The first-order chi connectivity index (χ1) is 5.24. The molecule has 1 atom stereocenters. The first-order valence-corrected chi connectivity index (χ1v) is 4.08. The predicted octanol–water partition coefficient (Wildman–Crippen LogP) is 0.547. The van der Waals surface area contributed by atoms with Gasteiger partial charge in [0.2, 0.25) is 0 Å². The third-order valence-corrected chi connectivity index (χ3v) is 1.94. The largest absolute Gasteiger partial charge is 0.464 e. The summed E-state index contributed by atoms with van der Waals surface area (Å²) in [4.78, 5) is 11.0. The number of esters is 1. The van der Waals surface area contributed by atoms with Gasteiger partial charge in [-0.3, -0.25) is 4.79 Å². The molecule has 1 saturated carbocycles. The molecule has 0 bridgehead atoms. The zero-order valence-electron chi connectivity index (χ0n) is 7.09. The molecule has 0 saturated heterocycles. The molecule has 1 rings (SSSR count). The summed E-state index contributed by atoms with van der Waals surface area (Å²) < 4.78 is 5.02. The van der Waals surface area contributed by atoms with Gasteiger partial charge in [0.15, 0.2) is 0 Å². The van der Waals surface area contributed by atoms with E-state index in [2.05, 4.69) is 5.32 Å². The van der Waals surface area contributed by atoms with Gasteiger partial charge >= 0.3 is 5.97 Å². The summed E-state index contributed by atoms with van der Waals surface area (Å²) in [6, 6.07) is -0.172. The van der Waals surface area contributed by atoms with Crippen molar-refractivity contribution in [2.24, 2.45) is 5.92 Å². The van der Waals surface area contributed by atoms with Crippen LogP contribution < -0.4 is 5.32 Å². The topological polar surface area (TPSA) is 38.3 Å². The van der Waals surface area contributed by atoms with Crippen LogP contribution in [0.2, 0.25) is 0 Å². The van der Waals surface area contributed by atoms with E-state index in [0.29, 0.717) is 12.5 Å². The monoisotopic (exact) mass is 157 g/mol. The van der Waals surface area contributed by atoms with Crippen LogP contribution in [0.15, 0.2) is 0 Å². The minimum Gasteiger partial charge on any atom is -0.464 e. The Bertz CT molecular complexity index is 143. The smallest absolute Gasteiger partial charge is 0.322 e. The van der Waals surface area contributed by atoms with Crippen LogP contribution >= 0.6 is 0 Å². The Hall–Kier alpha value is -0.570. The maximum absolute atomic E-state index is 11.0. The minimum absolute atomic E-state index is 0.139. The molecule has 0 aromatic carbocycles. The van der Waals surface area contributed by atoms with Crippen molar-refractivity contribution < 1.29 is 9.53 Å². The van der Waals surface area contributed by atoms with E-state index >= 15 is 0 Å². The van der Waals surface area contributed by atoms with Crippen molar-refractivity contribution in [3.05, 3.63) is 0 Å². The Morgan fingerprint density at radius 2 is 2.36 bits per heavy atom. The number of carbonyl (C=O) groups is 1. The predicted molar refractivity (Wildman–Crippen MR) is 42.2 cm³/mol. The van der Waals surface area contributed by atoms with Gasteiger partial charge in [-0.1, -0.05) is 0 Å². The highest BCUT2D eigenvalue weighted by molar-refractivity contribution is 5.75. The zero-order valence-corrected chi connectivity index (χ0v) is 7.09. The number of hydrogen-bond acceptors (Lipinski definition) is 3. The molecule has 3 nitrogen and oxygen atoms in total. The van der Waals surface area contributed by atoms with E-state index in [4.69, 9.17) is 4.74 Å². The number of nitrogens with one attached hydrogen (secondary N) is 1. The summed E-state index contributed by atoms with van der Waals surface area (Å²) in [5.41, 5.74) is 0. The molecule has 3 heteroatoms. The lowest BCUT2D eigenvalue weighted by Crippen LogP contribution is -2.32. The highest BCUT2D eigenvalue weighted by Crippen LogP contribution is 2.28. The fourth-order valence-electron chi connectivity index (χ4n) is 0.727. The van der Waals surface area contributed by atoms with Gasteiger partial charge in [-0.25, -0.2) is 0 Å². The highest BCUT2D eigenvalue weighted by Gasteiger charge is 2.23. The van der Waals surface area contributed by atoms with Crippen molar-refractivity contribution in [3.63, 3.8) is 0 Å². The fraction of sp³-hybridized carbons (Fsp3) is 0.875. The van der Waals surface area contributed by atoms with Crippen LogP contribution in [0.5, 0.6) is 0 Å². The van der Waals surface area contributed by atoms with E-state index < -0.39 is 0 Å². The fourth-order valence-corrected chi connectivity index (χ4v) is 0.727. The van der Waals surface area contributed by atoms with Gasteiger partial charge in [0.05, 0.1) is 6.61 Å². The second-order valence-corrected chi connectivity index (χ2v) is 3.08. The first-order valence-electron chi connectivity index (χ1n) is 4.08. The molecule has 64 valence electrons. The molecule has 0 aromatic rings. The Morgan fingerprint density at radius 3 is 2.82 bits per heavy atom. The molecule has 1 fully saturated rings. The lowest BCUT2D eigenvalue weighted by molar-refractivity contribution is -0.146. The molecule has 0 unspecified atom stereocenters. The van der Waals surface area contributed by atoms with E-state index in [1.165, 1.54) is 12.8 Å². The van der Waals surface area contributed by atoms with Crippen LogP contribution in [0.3, 0.4) is 0 Å². The second kappa shape index (κ2) is 3.72. The Balaban J connectivity index is 2.08. The van der Waals surface area contributed by atoms with Gasteiger partial charge in [-0.05, 0) is 32.7 Å². The van der Waals surface area contributed by atoms with Gasteiger partial charge < -0.3 is 10.1 Å². The minimum atomic E-state index is -0.172. The summed E-state index contributed by atoms with van der Waals surface area (Å²) in [6.45, 7) is 2.42. The Morgan fingerprint density at radius 1 is 1.73 bits per heavy atom. The average Bonchev–Trinajstić information content (AvgIpc) is 2.81. The van der Waals surface area contributed by atoms with Crippen molar-refractivity contribution in [1.82, 2.24) is 5.32 Å². The molecule has 0 aromatic heterocycles. The van der Waals surface area contributed by atoms with Crippen LogP contribution in [0.1, 0.15) is 19.8 Å².